The number of halogens is 3. The minimum Gasteiger partial charge on any atom is -0.354 e. The van der Waals surface area contributed by atoms with Crippen LogP contribution in [0.15, 0.2) is 79.3 Å². The van der Waals surface area contributed by atoms with Crippen LogP contribution in [-0.2, 0) is 9.59 Å². The van der Waals surface area contributed by atoms with Crippen LogP contribution in [-0.4, -0.2) is 33.2 Å². The molecule has 0 aliphatic carbocycles. The molecule has 2 amide bonds. The van der Waals surface area contributed by atoms with Gasteiger partial charge in [-0.15, -0.1) is 0 Å². The summed E-state index contributed by atoms with van der Waals surface area (Å²) in [4.78, 5) is 37.3. The van der Waals surface area contributed by atoms with Crippen molar-refractivity contribution in [2.24, 2.45) is 5.92 Å². The molecule has 2 aliphatic heterocycles. The Kier molecular flexibility index (Phi) is 8.39. The third kappa shape index (κ3) is 6.05. The van der Waals surface area contributed by atoms with E-state index >= 15 is 0 Å². The SMILES string of the molecule is CC1CCCC(N2CCC(c3c(F)ccc(Cl)c3F)=CC2=O)c2cc(ccn2)-c2ccc(Nc3cccnc3)cc2NC1=O. The van der Waals surface area contributed by atoms with Crippen LogP contribution in [0.2, 0.25) is 5.02 Å². The van der Waals surface area contributed by atoms with Crippen molar-refractivity contribution in [1.29, 1.82) is 0 Å². The van der Waals surface area contributed by atoms with Crippen LogP contribution in [0.1, 0.15) is 49.9 Å². The van der Waals surface area contributed by atoms with E-state index in [2.05, 4.69) is 20.6 Å². The minimum atomic E-state index is -0.871. The summed E-state index contributed by atoms with van der Waals surface area (Å²) in [5.41, 5.74) is 4.61. The molecule has 0 saturated carbocycles. The van der Waals surface area contributed by atoms with E-state index in [4.69, 9.17) is 11.6 Å². The van der Waals surface area contributed by atoms with E-state index in [0.717, 1.165) is 34.6 Å². The van der Waals surface area contributed by atoms with E-state index in [9.17, 15) is 18.4 Å². The summed E-state index contributed by atoms with van der Waals surface area (Å²) in [6.07, 6.45) is 8.51. The van der Waals surface area contributed by atoms with Crippen LogP contribution in [0.25, 0.3) is 16.7 Å². The largest absolute Gasteiger partial charge is 0.354 e. The van der Waals surface area contributed by atoms with Crippen LogP contribution in [0, 0.1) is 17.6 Å². The molecule has 2 unspecified atom stereocenters. The number of nitrogens with one attached hydrogen (secondary N) is 2. The Morgan fingerprint density at radius 1 is 1.02 bits per heavy atom. The smallest absolute Gasteiger partial charge is 0.247 e. The van der Waals surface area contributed by atoms with Gasteiger partial charge in [0.15, 0.2) is 5.82 Å². The lowest BCUT2D eigenvalue weighted by Gasteiger charge is -2.34. The lowest BCUT2D eigenvalue weighted by molar-refractivity contribution is -0.129. The second-order valence-electron chi connectivity index (χ2n) is 11.1. The molecule has 2 bridgehead atoms. The molecule has 7 nitrogen and oxygen atoms in total. The standard InChI is InChI=1S/C34H30ClF2N5O2/c1-20-4-2-6-30(42-15-12-22(17-31(42)43)32-27(36)10-9-26(35)33(32)37)29-16-21(11-14-39-29)25-8-7-23(18-28(25)41-34(20)44)40-24-5-3-13-38-19-24/h3,5,7-11,13-14,16-20,30,40H,2,4,6,12,15H2,1H3,(H,41,44). The second-order valence-corrected chi connectivity index (χ2v) is 11.5. The fraction of sp³-hybridized carbons (Fsp3) is 0.235. The summed E-state index contributed by atoms with van der Waals surface area (Å²) >= 11 is 5.91. The van der Waals surface area contributed by atoms with Gasteiger partial charge < -0.3 is 15.5 Å². The zero-order chi connectivity index (χ0) is 30.8. The molecule has 2 aliphatic rings. The van der Waals surface area contributed by atoms with E-state index in [1.807, 2.05) is 49.4 Å². The van der Waals surface area contributed by atoms with Gasteiger partial charge in [-0.3, -0.25) is 19.6 Å². The lowest BCUT2D eigenvalue weighted by Crippen LogP contribution is -2.38. The van der Waals surface area contributed by atoms with Gasteiger partial charge in [-0.05, 0) is 78.9 Å². The first-order chi connectivity index (χ1) is 21.3. The van der Waals surface area contributed by atoms with E-state index in [0.29, 0.717) is 30.6 Å². The Morgan fingerprint density at radius 2 is 1.89 bits per heavy atom. The van der Waals surface area contributed by atoms with Crippen LogP contribution >= 0.6 is 11.6 Å². The van der Waals surface area contributed by atoms with Crippen LogP contribution in [0.3, 0.4) is 0 Å². The number of amides is 2. The van der Waals surface area contributed by atoms with E-state index in [-0.39, 0.29) is 52.9 Å². The van der Waals surface area contributed by atoms with Crippen molar-refractivity contribution < 1.29 is 18.4 Å². The van der Waals surface area contributed by atoms with Crippen molar-refractivity contribution >= 4 is 46.1 Å². The maximum atomic E-state index is 14.8. The van der Waals surface area contributed by atoms with Crippen molar-refractivity contribution in [2.45, 2.75) is 38.6 Å². The number of aromatic nitrogens is 2. The van der Waals surface area contributed by atoms with Crippen molar-refractivity contribution in [3.8, 4) is 11.1 Å². The van der Waals surface area contributed by atoms with E-state index < -0.39 is 11.6 Å². The molecule has 224 valence electrons. The number of fused-ring (bicyclic) bond motifs is 4. The summed E-state index contributed by atoms with van der Waals surface area (Å²) in [7, 11) is 0. The predicted octanol–water partition coefficient (Wildman–Crippen LogP) is 7.93. The van der Waals surface area contributed by atoms with Gasteiger partial charge in [0.1, 0.15) is 5.82 Å². The fourth-order valence-electron chi connectivity index (χ4n) is 5.83. The summed E-state index contributed by atoms with van der Waals surface area (Å²) in [5, 5.41) is 6.25. The maximum absolute atomic E-state index is 14.8. The number of carbonyl (C=O) groups is 2. The quantitative estimate of drug-likeness (QED) is 0.228. The average molecular weight is 614 g/mol. The molecule has 2 aromatic heterocycles. The highest BCUT2D eigenvalue weighted by Crippen LogP contribution is 2.38. The Bertz CT molecular complexity index is 1760. The molecule has 2 aromatic carbocycles. The summed E-state index contributed by atoms with van der Waals surface area (Å²) < 4.78 is 29.4. The van der Waals surface area contributed by atoms with Crippen LogP contribution in [0.5, 0.6) is 0 Å². The molecule has 0 saturated heterocycles. The first-order valence-corrected chi connectivity index (χ1v) is 14.9. The number of rotatable bonds is 4. The zero-order valence-electron chi connectivity index (χ0n) is 24.0. The zero-order valence-corrected chi connectivity index (χ0v) is 24.7. The van der Waals surface area contributed by atoms with Gasteiger partial charge in [0, 0.05) is 42.2 Å². The monoisotopic (exact) mass is 613 g/mol. The first-order valence-electron chi connectivity index (χ1n) is 14.5. The van der Waals surface area contributed by atoms with E-state index in [1.165, 1.54) is 6.08 Å². The van der Waals surface area contributed by atoms with Gasteiger partial charge in [0.25, 0.3) is 0 Å². The first kappa shape index (κ1) is 29.4. The van der Waals surface area contributed by atoms with Crippen molar-refractivity contribution in [1.82, 2.24) is 14.9 Å². The third-order valence-electron chi connectivity index (χ3n) is 8.17. The Labute approximate surface area is 259 Å². The molecule has 2 N–H and O–H groups in total. The van der Waals surface area contributed by atoms with Crippen molar-refractivity contribution in [2.75, 3.05) is 17.2 Å². The molecule has 44 heavy (non-hydrogen) atoms. The summed E-state index contributed by atoms with van der Waals surface area (Å²) in [6, 6.07) is 15.2. The molecule has 0 spiro atoms. The Morgan fingerprint density at radius 3 is 2.68 bits per heavy atom. The Hall–Kier alpha value is -4.63. The number of nitrogens with zero attached hydrogens (tertiary/aromatic N) is 3. The van der Waals surface area contributed by atoms with Gasteiger partial charge in [-0.1, -0.05) is 31.0 Å². The molecule has 10 heteroatoms. The van der Waals surface area contributed by atoms with Gasteiger partial charge in [0.05, 0.1) is 39.9 Å². The van der Waals surface area contributed by atoms with Gasteiger partial charge >= 0.3 is 0 Å². The second kappa shape index (κ2) is 12.5. The normalized spacial score (nSPS) is 18.8. The molecule has 0 radical (unpaired) electrons. The molecule has 6 rings (SSSR count). The molecular weight excluding hydrogens is 584 g/mol. The lowest BCUT2D eigenvalue weighted by atomic mass is 9.92. The highest BCUT2D eigenvalue weighted by molar-refractivity contribution is 6.31. The molecular formula is C34H30ClF2N5O2. The summed E-state index contributed by atoms with van der Waals surface area (Å²) in [5.74, 6) is -2.36. The average Bonchev–Trinajstić information content (AvgIpc) is 3.02. The number of hydrogen-bond donors (Lipinski definition) is 2. The van der Waals surface area contributed by atoms with Crippen LogP contribution < -0.4 is 10.6 Å². The number of benzene rings is 2. The van der Waals surface area contributed by atoms with Crippen molar-refractivity contribution in [3.05, 3.63) is 107 Å². The van der Waals surface area contributed by atoms with Gasteiger partial charge in [-0.2, -0.15) is 0 Å². The maximum Gasteiger partial charge on any atom is 0.247 e. The molecule has 2 atom stereocenters. The Balaban J connectivity index is 1.36. The predicted molar refractivity (Wildman–Crippen MR) is 167 cm³/mol. The topological polar surface area (TPSA) is 87.2 Å². The number of anilines is 3. The third-order valence-corrected chi connectivity index (χ3v) is 8.46. The number of pyridine rings is 2. The molecule has 4 aromatic rings. The molecule has 4 heterocycles. The van der Waals surface area contributed by atoms with E-state index in [1.54, 1.807) is 23.5 Å². The summed E-state index contributed by atoms with van der Waals surface area (Å²) in [6.45, 7) is 2.14. The van der Waals surface area contributed by atoms with Crippen molar-refractivity contribution in [3.63, 3.8) is 0 Å². The number of carbonyl (C=O) groups excluding carboxylic acids is 2. The minimum absolute atomic E-state index is 0.0941. The fourth-order valence-corrected chi connectivity index (χ4v) is 5.99. The highest BCUT2D eigenvalue weighted by atomic mass is 35.5. The van der Waals surface area contributed by atoms with Gasteiger partial charge in [0.2, 0.25) is 11.8 Å². The highest BCUT2D eigenvalue weighted by Gasteiger charge is 2.31. The van der Waals surface area contributed by atoms with Crippen LogP contribution in [0.4, 0.5) is 25.8 Å². The number of hydrogen-bond acceptors (Lipinski definition) is 5. The van der Waals surface area contributed by atoms with Gasteiger partial charge in [-0.25, -0.2) is 8.78 Å². The molecule has 0 fully saturated rings.